The van der Waals surface area contributed by atoms with E-state index in [1.807, 2.05) is 36.5 Å². The molecule has 1 atom stereocenters. The van der Waals surface area contributed by atoms with Crippen molar-refractivity contribution >= 4 is 5.69 Å². The summed E-state index contributed by atoms with van der Waals surface area (Å²) in [5.41, 5.74) is 1.09. The van der Waals surface area contributed by atoms with Gasteiger partial charge in [0.1, 0.15) is 5.76 Å². The molecule has 0 radical (unpaired) electrons. The van der Waals surface area contributed by atoms with Gasteiger partial charge in [0.25, 0.3) is 0 Å². The third kappa shape index (κ3) is 4.28. The predicted molar refractivity (Wildman–Crippen MR) is 81.4 cm³/mol. The molecule has 1 unspecified atom stereocenters. The van der Waals surface area contributed by atoms with E-state index in [0.29, 0.717) is 5.92 Å². The Kier molecular flexibility index (Phi) is 5.43. The Labute approximate surface area is 117 Å². The van der Waals surface area contributed by atoms with Gasteiger partial charge in [-0.25, -0.2) is 5.84 Å². The van der Waals surface area contributed by atoms with Gasteiger partial charge in [0.15, 0.2) is 0 Å². The fraction of sp³-hybridized carbons (Fsp3) is 0.500. The molecule has 1 aromatic carbocycles. The first-order valence-electron chi connectivity index (χ1n) is 6.74. The standard InChI is InChI=1S/C16H26N2O/c1-6-14(16(2,3)4)15(19-5)12-18(17)13-10-8-7-9-11-13/h7-12,14H,6,17H2,1-5H3/b15-12+. The zero-order valence-electron chi connectivity index (χ0n) is 12.7. The molecule has 0 aliphatic carbocycles. The molecule has 0 aliphatic heterocycles. The fourth-order valence-electron chi connectivity index (χ4n) is 2.34. The first kappa shape index (κ1) is 15.6. The molecule has 0 amide bonds. The minimum atomic E-state index is 0.147. The number of allylic oxidation sites excluding steroid dienone is 1. The molecule has 0 bridgehead atoms. The maximum atomic E-state index is 6.08. The van der Waals surface area contributed by atoms with Gasteiger partial charge in [-0.2, -0.15) is 0 Å². The summed E-state index contributed by atoms with van der Waals surface area (Å²) >= 11 is 0. The average Bonchev–Trinajstić information content (AvgIpc) is 2.37. The fourth-order valence-corrected chi connectivity index (χ4v) is 2.34. The molecule has 106 valence electrons. The maximum absolute atomic E-state index is 6.08. The van der Waals surface area contributed by atoms with Crippen LogP contribution in [0.3, 0.4) is 0 Å². The van der Waals surface area contributed by atoms with Gasteiger partial charge in [0.2, 0.25) is 0 Å². The molecule has 0 saturated carbocycles. The van der Waals surface area contributed by atoms with Crippen LogP contribution in [0.1, 0.15) is 34.1 Å². The first-order valence-corrected chi connectivity index (χ1v) is 6.74. The van der Waals surface area contributed by atoms with Crippen molar-refractivity contribution in [2.75, 3.05) is 12.1 Å². The summed E-state index contributed by atoms with van der Waals surface area (Å²) in [6.07, 6.45) is 2.90. The van der Waals surface area contributed by atoms with Gasteiger partial charge in [-0.1, -0.05) is 45.9 Å². The van der Waals surface area contributed by atoms with E-state index >= 15 is 0 Å². The Morgan fingerprint density at radius 2 is 1.89 bits per heavy atom. The van der Waals surface area contributed by atoms with Crippen molar-refractivity contribution in [2.45, 2.75) is 34.1 Å². The van der Waals surface area contributed by atoms with E-state index in [4.69, 9.17) is 10.6 Å². The number of nitrogens with zero attached hydrogens (tertiary/aromatic N) is 1. The lowest BCUT2D eigenvalue weighted by Gasteiger charge is -2.31. The largest absolute Gasteiger partial charge is 0.499 e. The SMILES string of the molecule is CCC(/C(=C\N(N)c1ccccc1)OC)C(C)(C)C. The van der Waals surface area contributed by atoms with Gasteiger partial charge in [0.05, 0.1) is 19.0 Å². The van der Waals surface area contributed by atoms with Crippen molar-refractivity contribution in [1.82, 2.24) is 0 Å². The van der Waals surface area contributed by atoms with Gasteiger partial charge in [-0.3, -0.25) is 5.01 Å². The van der Waals surface area contributed by atoms with Gasteiger partial charge >= 0.3 is 0 Å². The molecule has 0 aromatic heterocycles. The molecular formula is C16H26N2O. The number of para-hydroxylation sites is 1. The zero-order chi connectivity index (χ0) is 14.5. The van der Waals surface area contributed by atoms with Gasteiger partial charge < -0.3 is 4.74 Å². The van der Waals surface area contributed by atoms with Crippen molar-refractivity contribution in [3.05, 3.63) is 42.3 Å². The summed E-state index contributed by atoms with van der Waals surface area (Å²) < 4.78 is 5.56. The molecule has 0 spiro atoms. The monoisotopic (exact) mass is 262 g/mol. The third-order valence-electron chi connectivity index (χ3n) is 3.35. The van der Waals surface area contributed by atoms with Crippen molar-refractivity contribution < 1.29 is 4.74 Å². The number of rotatable bonds is 5. The highest BCUT2D eigenvalue weighted by atomic mass is 16.5. The van der Waals surface area contributed by atoms with Crippen LogP contribution in [0.5, 0.6) is 0 Å². The Morgan fingerprint density at radius 3 is 2.32 bits per heavy atom. The first-order chi connectivity index (χ1) is 8.90. The molecule has 1 aromatic rings. The zero-order valence-corrected chi connectivity index (χ0v) is 12.7. The lowest BCUT2D eigenvalue weighted by Crippen LogP contribution is -2.29. The smallest absolute Gasteiger partial charge is 0.117 e. The quantitative estimate of drug-likeness (QED) is 0.496. The highest BCUT2D eigenvalue weighted by Gasteiger charge is 2.27. The highest BCUT2D eigenvalue weighted by Crippen LogP contribution is 2.35. The summed E-state index contributed by atoms with van der Waals surface area (Å²) in [7, 11) is 1.71. The number of hydrazine groups is 1. The topological polar surface area (TPSA) is 38.5 Å². The second kappa shape index (κ2) is 6.62. The van der Waals surface area contributed by atoms with Crippen molar-refractivity contribution in [3.63, 3.8) is 0 Å². The number of anilines is 1. The summed E-state index contributed by atoms with van der Waals surface area (Å²) in [6, 6.07) is 9.86. The van der Waals surface area contributed by atoms with Crippen LogP contribution < -0.4 is 10.9 Å². The maximum Gasteiger partial charge on any atom is 0.117 e. The second-order valence-corrected chi connectivity index (χ2v) is 5.81. The van der Waals surface area contributed by atoms with Crippen LogP contribution in [0.15, 0.2) is 42.3 Å². The van der Waals surface area contributed by atoms with E-state index in [9.17, 15) is 0 Å². The molecule has 0 saturated heterocycles. The summed E-state index contributed by atoms with van der Waals surface area (Å²) in [6.45, 7) is 8.83. The third-order valence-corrected chi connectivity index (χ3v) is 3.35. The molecule has 1 rings (SSSR count). The van der Waals surface area contributed by atoms with Gasteiger partial charge in [-0.15, -0.1) is 0 Å². The summed E-state index contributed by atoms with van der Waals surface area (Å²) in [4.78, 5) is 0. The second-order valence-electron chi connectivity index (χ2n) is 5.81. The van der Waals surface area contributed by atoms with E-state index in [-0.39, 0.29) is 5.41 Å². The molecule has 3 heteroatoms. The predicted octanol–water partition coefficient (Wildman–Crippen LogP) is 3.93. The Morgan fingerprint density at radius 1 is 1.32 bits per heavy atom. The van der Waals surface area contributed by atoms with Crippen LogP contribution >= 0.6 is 0 Å². The van der Waals surface area contributed by atoms with Crippen molar-refractivity contribution in [2.24, 2.45) is 17.2 Å². The van der Waals surface area contributed by atoms with E-state index in [0.717, 1.165) is 17.9 Å². The van der Waals surface area contributed by atoms with Gasteiger partial charge in [-0.05, 0) is 24.0 Å². The van der Waals surface area contributed by atoms with Crippen LogP contribution in [-0.2, 0) is 4.74 Å². The molecule has 3 nitrogen and oxygen atoms in total. The molecule has 0 aliphatic rings. The molecule has 19 heavy (non-hydrogen) atoms. The van der Waals surface area contributed by atoms with E-state index in [1.54, 1.807) is 12.1 Å². The Bertz CT molecular complexity index is 407. The van der Waals surface area contributed by atoms with Gasteiger partial charge in [0, 0.05) is 5.92 Å². The number of methoxy groups -OCH3 is 1. The van der Waals surface area contributed by atoms with Crippen molar-refractivity contribution in [1.29, 1.82) is 0 Å². The number of benzene rings is 1. The summed E-state index contributed by atoms with van der Waals surface area (Å²) in [5, 5.41) is 1.62. The van der Waals surface area contributed by atoms with E-state index in [2.05, 4.69) is 27.7 Å². The number of hydrogen-bond donors (Lipinski definition) is 1. The van der Waals surface area contributed by atoms with Crippen LogP contribution in [0.25, 0.3) is 0 Å². The lowest BCUT2D eigenvalue weighted by molar-refractivity contribution is 0.159. The Balaban J connectivity index is 2.99. The molecule has 2 N–H and O–H groups in total. The lowest BCUT2D eigenvalue weighted by atomic mass is 9.78. The molecule has 0 heterocycles. The minimum Gasteiger partial charge on any atom is -0.499 e. The van der Waals surface area contributed by atoms with Crippen LogP contribution in [-0.4, -0.2) is 7.11 Å². The highest BCUT2D eigenvalue weighted by molar-refractivity contribution is 5.47. The average molecular weight is 262 g/mol. The molecule has 0 fully saturated rings. The van der Waals surface area contributed by atoms with Crippen LogP contribution in [0.2, 0.25) is 0 Å². The normalized spacial score (nSPS) is 14.1. The number of nitrogens with two attached hydrogens (primary N) is 1. The van der Waals surface area contributed by atoms with Crippen LogP contribution in [0.4, 0.5) is 5.69 Å². The number of hydrogen-bond acceptors (Lipinski definition) is 3. The summed E-state index contributed by atoms with van der Waals surface area (Å²) in [5.74, 6) is 7.34. The van der Waals surface area contributed by atoms with E-state index in [1.165, 1.54) is 0 Å². The molecular weight excluding hydrogens is 236 g/mol. The van der Waals surface area contributed by atoms with Crippen molar-refractivity contribution in [3.8, 4) is 0 Å². The number of ether oxygens (including phenoxy) is 1. The van der Waals surface area contributed by atoms with E-state index < -0.39 is 0 Å². The minimum absolute atomic E-state index is 0.147. The van der Waals surface area contributed by atoms with Crippen LogP contribution in [0, 0.1) is 11.3 Å². The Hall–Kier alpha value is -1.48.